The van der Waals surface area contributed by atoms with Gasteiger partial charge in [0.05, 0.1) is 20.3 Å². The molecule has 174 valence electrons. The van der Waals surface area contributed by atoms with Gasteiger partial charge in [0.15, 0.2) is 11.5 Å². The Morgan fingerprint density at radius 3 is 2.25 bits per heavy atom. The number of anilines is 2. The van der Waals surface area contributed by atoms with Gasteiger partial charge < -0.3 is 29.9 Å². The number of hydrogen-bond acceptors (Lipinski definition) is 6. The van der Waals surface area contributed by atoms with Crippen molar-refractivity contribution in [1.82, 2.24) is 15.1 Å². The molecule has 2 aromatic rings. The van der Waals surface area contributed by atoms with E-state index in [2.05, 4.69) is 56.6 Å². The second-order valence-electron chi connectivity index (χ2n) is 8.25. The largest absolute Gasteiger partial charge is 0.493 e. The zero-order valence-electron chi connectivity index (χ0n) is 19.7. The van der Waals surface area contributed by atoms with Gasteiger partial charge in [0.1, 0.15) is 0 Å². The minimum atomic E-state index is -0.249. The number of carbonyl (C=O) groups is 1. The Kier molecular flexibility index (Phi) is 8.19. The summed E-state index contributed by atoms with van der Waals surface area (Å²) in [5.74, 6) is 1.19. The van der Waals surface area contributed by atoms with Crippen molar-refractivity contribution < 1.29 is 14.3 Å². The van der Waals surface area contributed by atoms with E-state index in [1.54, 1.807) is 32.4 Å². The molecule has 1 unspecified atom stereocenters. The standard InChI is InChI=1S/C24H35N5O3/c1-27(2)20-9-6-18(7-10-20)21(29-14-12-28(3)13-15-29)17-25-24(30)26-19-8-11-22(31-4)23(16-19)32-5/h6-11,16,21H,12-15,17H2,1-5H3,(H2,25,26,30). The van der Waals surface area contributed by atoms with E-state index in [1.165, 1.54) is 5.56 Å². The number of benzene rings is 2. The highest BCUT2D eigenvalue weighted by Gasteiger charge is 2.24. The summed E-state index contributed by atoms with van der Waals surface area (Å²) in [4.78, 5) is 19.5. The molecule has 3 rings (SSSR count). The van der Waals surface area contributed by atoms with Gasteiger partial charge >= 0.3 is 6.03 Å². The van der Waals surface area contributed by atoms with Crippen LogP contribution in [0, 0.1) is 0 Å². The van der Waals surface area contributed by atoms with Crippen molar-refractivity contribution in [3.8, 4) is 11.5 Å². The lowest BCUT2D eigenvalue weighted by Gasteiger charge is -2.38. The molecule has 1 fully saturated rings. The van der Waals surface area contributed by atoms with E-state index in [-0.39, 0.29) is 12.1 Å². The molecule has 0 saturated carbocycles. The van der Waals surface area contributed by atoms with Crippen LogP contribution in [0.1, 0.15) is 11.6 Å². The average Bonchev–Trinajstić information content (AvgIpc) is 2.80. The third-order valence-electron chi connectivity index (χ3n) is 5.87. The summed E-state index contributed by atoms with van der Waals surface area (Å²) >= 11 is 0. The van der Waals surface area contributed by atoms with Gasteiger partial charge in [0.2, 0.25) is 0 Å². The topological polar surface area (TPSA) is 69.3 Å². The summed E-state index contributed by atoms with van der Waals surface area (Å²) in [5, 5.41) is 5.94. The molecule has 2 amide bonds. The smallest absolute Gasteiger partial charge is 0.319 e. The molecule has 1 heterocycles. The Bertz CT molecular complexity index is 880. The SMILES string of the molecule is COc1ccc(NC(=O)NCC(c2ccc(N(C)C)cc2)N2CCN(C)CC2)cc1OC. The molecule has 1 aliphatic heterocycles. The maximum Gasteiger partial charge on any atom is 0.319 e. The van der Waals surface area contributed by atoms with Crippen LogP contribution in [0.2, 0.25) is 0 Å². The van der Waals surface area contributed by atoms with Crippen molar-refractivity contribution in [3.05, 3.63) is 48.0 Å². The summed E-state index contributed by atoms with van der Waals surface area (Å²) in [6.07, 6.45) is 0. The van der Waals surface area contributed by atoms with Gasteiger partial charge in [-0.1, -0.05) is 12.1 Å². The van der Waals surface area contributed by atoms with Crippen LogP contribution in [0.15, 0.2) is 42.5 Å². The Morgan fingerprint density at radius 1 is 1.00 bits per heavy atom. The van der Waals surface area contributed by atoms with Crippen LogP contribution in [-0.2, 0) is 0 Å². The van der Waals surface area contributed by atoms with Crippen molar-refractivity contribution in [3.63, 3.8) is 0 Å². The van der Waals surface area contributed by atoms with E-state index in [4.69, 9.17) is 9.47 Å². The molecule has 2 aromatic carbocycles. The fourth-order valence-corrected chi connectivity index (χ4v) is 3.86. The quantitative estimate of drug-likeness (QED) is 0.657. The Balaban J connectivity index is 1.68. The Morgan fingerprint density at radius 2 is 1.66 bits per heavy atom. The number of ether oxygens (including phenoxy) is 2. The second kappa shape index (κ2) is 11.1. The zero-order valence-corrected chi connectivity index (χ0v) is 19.7. The fourth-order valence-electron chi connectivity index (χ4n) is 3.86. The Labute approximate surface area is 191 Å². The van der Waals surface area contributed by atoms with E-state index < -0.39 is 0 Å². The van der Waals surface area contributed by atoms with Crippen molar-refractivity contribution in [1.29, 1.82) is 0 Å². The van der Waals surface area contributed by atoms with Gasteiger partial charge in [0, 0.05) is 64.3 Å². The number of piperazine rings is 1. The van der Waals surface area contributed by atoms with Crippen LogP contribution in [0.5, 0.6) is 11.5 Å². The highest BCUT2D eigenvalue weighted by Crippen LogP contribution is 2.30. The van der Waals surface area contributed by atoms with Crippen molar-refractivity contribution >= 4 is 17.4 Å². The number of nitrogens with zero attached hydrogens (tertiary/aromatic N) is 3. The Hall–Kier alpha value is -2.97. The molecule has 0 aromatic heterocycles. The highest BCUT2D eigenvalue weighted by molar-refractivity contribution is 5.89. The van der Waals surface area contributed by atoms with E-state index in [0.717, 1.165) is 31.9 Å². The lowest BCUT2D eigenvalue weighted by Crippen LogP contribution is -2.48. The predicted octanol–water partition coefficient (Wildman–Crippen LogP) is 2.88. The number of methoxy groups -OCH3 is 2. The predicted molar refractivity (Wildman–Crippen MR) is 129 cm³/mol. The van der Waals surface area contributed by atoms with Crippen LogP contribution in [0.3, 0.4) is 0 Å². The number of urea groups is 1. The first kappa shape index (κ1) is 23.7. The molecule has 1 atom stereocenters. The minimum Gasteiger partial charge on any atom is -0.493 e. The van der Waals surface area contributed by atoms with Crippen LogP contribution in [0.25, 0.3) is 0 Å². The molecule has 0 aliphatic carbocycles. The van der Waals surface area contributed by atoms with E-state index in [0.29, 0.717) is 23.7 Å². The number of amides is 2. The number of rotatable bonds is 8. The average molecular weight is 442 g/mol. The summed E-state index contributed by atoms with van der Waals surface area (Å²) in [6, 6.07) is 13.7. The molecule has 0 bridgehead atoms. The van der Waals surface area contributed by atoms with Crippen LogP contribution < -0.4 is 25.0 Å². The van der Waals surface area contributed by atoms with Gasteiger partial charge in [0.25, 0.3) is 0 Å². The van der Waals surface area contributed by atoms with Gasteiger partial charge in [-0.05, 0) is 36.9 Å². The van der Waals surface area contributed by atoms with E-state index in [1.807, 2.05) is 14.1 Å². The van der Waals surface area contributed by atoms with Crippen molar-refractivity contribution in [2.75, 3.05) is 78.3 Å². The van der Waals surface area contributed by atoms with Gasteiger partial charge in [-0.15, -0.1) is 0 Å². The molecular formula is C24H35N5O3. The van der Waals surface area contributed by atoms with Gasteiger partial charge in [-0.2, -0.15) is 0 Å². The van der Waals surface area contributed by atoms with Crippen molar-refractivity contribution in [2.24, 2.45) is 0 Å². The maximum atomic E-state index is 12.7. The summed E-state index contributed by atoms with van der Waals surface area (Å²) in [6.45, 7) is 4.49. The molecular weight excluding hydrogens is 406 g/mol. The monoisotopic (exact) mass is 441 g/mol. The molecule has 2 N–H and O–H groups in total. The highest BCUT2D eigenvalue weighted by atomic mass is 16.5. The van der Waals surface area contributed by atoms with Gasteiger partial charge in [-0.25, -0.2) is 4.79 Å². The fraction of sp³-hybridized carbons (Fsp3) is 0.458. The molecule has 0 radical (unpaired) electrons. The first-order valence-corrected chi connectivity index (χ1v) is 10.9. The molecule has 1 saturated heterocycles. The normalized spacial score (nSPS) is 15.7. The second-order valence-corrected chi connectivity index (χ2v) is 8.25. The molecule has 1 aliphatic rings. The molecule has 8 heteroatoms. The van der Waals surface area contributed by atoms with Crippen LogP contribution in [-0.4, -0.2) is 83.9 Å². The minimum absolute atomic E-state index is 0.107. The number of nitrogens with one attached hydrogen (secondary N) is 2. The third-order valence-corrected chi connectivity index (χ3v) is 5.87. The summed E-state index contributed by atoms with van der Waals surface area (Å²) < 4.78 is 10.6. The third kappa shape index (κ3) is 6.05. The maximum absolute atomic E-state index is 12.7. The van der Waals surface area contributed by atoms with Crippen LogP contribution >= 0.6 is 0 Å². The van der Waals surface area contributed by atoms with Crippen molar-refractivity contribution in [2.45, 2.75) is 6.04 Å². The lowest BCUT2D eigenvalue weighted by molar-refractivity contribution is 0.111. The van der Waals surface area contributed by atoms with E-state index in [9.17, 15) is 4.79 Å². The molecule has 0 spiro atoms. The van der Waals surface area contributed by atoms with Gasteiger partial charge in [-0.3, -0.25) is 4.90 Å². The zero-order chi connectivity index (χ0) is 23.1. The first-order chi connectivity index (χ1) is 15.4. The van der Waals surface area contributed by atoms with Crippen LogP contribution in [0.4, 0.5) is 16.2 Å². The number of likely N-dealkylation sites (N-methyl/N-ethyl adjacent to an activating group) is 1. The first-order valence-electron chi connectivity index (χ1n) is 10.9. The summed E-state index contributed by atoms with van der Waals surface area (Å²) in [5.41, 5.74) is 3.00. The van der Waals surface area contributed by atoms with E-state index >= 15 is 0 Å². The number of hydrogen-bond donors (Lipinski definition) is 2. The molecule has 32 heavy (non-hydrogen) atoms. The number of carbonyl (C=O) groups excluding carboxylic acids is 1. The summed E-state index contributed by atoms with van der Waals surface area (Å²) in [7, 11) is 9.37. The lowest BCUT2D eigenvalue weighted by atomic mass is 10.0. The molecule has 8 nitrogen and oxygen atoms in total.